The third-order valence-electron chi connectivity index (χ3n) is 3.32. The lowest BCUT2D eigenvalue weighted by Crippen LogP contribution is -2.07. The highest BCUT2D eigenvalue weighted by atomic mass is 127. The van der Waals surface area contributed by atoms with Crippen LogP contribution >= 0.6 is 34.4 Å². The number of alkyl halides is 1. The number of hydrogen-bond acceptors (Lipinski definition) is 3. The molecule has 3 rings (SSSR count). The molecule has 0 fully saturated rings. The standard InChI is InChI=1S/C16H16IN3S/c1-19(2)13-5-3-12(4-6-13)15-10-20-9-14(21-11-17)7-8-16(20)18-15/h3-10H,11H2,1-2H3. The molecule has 0 N–H and O–H groups in total. The van der Waals surface area contributed by atoms with Crippen molar-refractivity contribution in [3.05, 3.63) is 48.8 Å². The molecule has 2 heterocycles. The Balaban J connectivity index is 1.96. The van der Waals surface area contributed by atoms with Gasteiger partial charge in [-0.05, 0) is 24.3 Å². The van der Waals surface area contributed by atoms with Gasteiger partial charge in [-0.1, -0.05) is 34.7 Å². The zero-order valence-corrected chi connectivity index (χ0v) is 14.9. The number of thioether (sulfide) groups is 1. The molecule has 0 atom stereocenters. The van der Waals surface area contributed by atoms with Gasteiger partial charge in [-0.15, -0.1) is 11.8 Å². The van der Waals surface area contributed by atoms with Crippen LogP contribution in [0, 0.1) is 0 Å². The van der Waals surface area contributed by atoms with Gasteiger partial charge in [0, 0.05) is 42.6 Å². The van der Waals surface area contributed by atoms with Gasteiger partial charge in [-0.3, -0.25) is 0 Å². The maximum absolute atomic E-state index is 4.70. The smallest absolute Gasteiger partial charge is 0.137 e. The molecule has 21 heavy (non-hydrogen) atoms. The molecule has 0 radical (unpaired) electrons. The summed E-state index contributed by atoms with van der Waals surface area (Å²) < 4.78 is 3.15. The predicted octanol–water partition coefficient (Wildman–Crippen LogP) is 4.55. The molecule has 2 aromatic heterocycles. The summed E-state index contributed by atoms with van der Waals surface area (Å²) in [5.41, 5.74) is 4.34. The average molecular weight is 409 g/mol. The summed E-state index contributed by atoms with van der Waals surface area (Å²) in [4.78, 5) is 8.06. The van der Waals surface area contributed by atoms with Crippen molar-refractivity contribution in [2.45, 2.75) is 4.90 Å². The van der Waals surface area contributed by atoms with Crippen LogP contribution in [0.5, 0.6) is 0 Å². The highest BCUT2D eigenvalue weighted by Gasteiger charge is 2.05. The van der Waals surface area contributed by atoms with Gasteiger partial charge >= 0.3 is 0 Å². The number of rotatable bonds is 4. The molecule has 0 unspecified atom stereocenters. The second-order valence-corrected chi connectivity index (χ2v) is 7.80. The van der Waals surface area contributed by atoms with Crippen molar-refractivity contribution < 1.29 is 0 Å². The van der Waals surface area contributed by atoms with Gasteiger partial charge in [0.1, 0.15) is 5.65 Å². The molecule has 0 saturated heterocycles. The molecule has 0 aliphatic heterocycles. The molecule has 0 spiro atoms. The second kappa shape index (κ2) is 6.27. The van der Waals surface area contributed by atoms with Crippen molar-refractivity contribution in [1.82, 2.24) is 9.38 Å². The molecule has 0 saturated carbocycles. The van der Waals surface area contributed by atoms with E-state index in [1.807, 2.05) is 25.9 Å². The Labute approximate surface area is 142 Å². The highest BCUT2D eigenvalue weighted by molar-refractivity contribution is 14.1. The van der Waals surface area contributed by atoms with Crippen LogP contribution in [0.15, 0.2) is 53.7 Å². The van der Waals surface area contributed by atoms with E-state index in [2.05, 4.69) is 80.7 Å². The SMILES string of the molecule is CN(C)c1ccc(-c2cn3cc(SCI)ccc3n2)cc1. The Bertz CT molecular complexity index is 750. The molecule has 3 aromatic rings. The number of hydrogen-bond donors (Lipinski definition) is 0. The summed E-state index contributed by atoms with van der Waals surface area (Å²) in [7, 11) is 4.10. The molecule has 3 nitrogen and oxygen atoms in total. The third-order valence-corrected chi connectivity index (χ3v) is 4.94. The molecule has 0 aliphatic carbocycles. The lowest BCUT2D eigenvalue weighted by Gasteiger charge is -2.12. The summed E-state index contributed by atoms with van der Waals surface area (Å²) in [6.07, 6.45) is 4.24. The minimum atomic E-state index is 0.986. The first-order chi connectivity index (χ1) is 10.2. The van der Waals surface area contributed by atoms with Crippen molar-refractivity contribution >= 4 is 45.7 Å². The first-order valence-electron chi connectivity index (χ1n) is 6.62. The Kier molecular flexibility index (Phi) is 4.40. The Morgan fingerprint density at radius 3 is 2.52 bits per heavy atom. The number of fused-ring (bicyclic) bond motifs is 1. The Morgan fingerprint density at radius 2 is 1.86 bits per heavy atom. The molecule has 0 amide bonds. The lowest BCUT2D eigenvalue weighted by molar-refractivity contribution is 1.13. The fourth-order valence-electron chi connectivity index (χ4n) is 2.19. The van der Waals surface area contributed by atoms with Crippen LogP contribution in [0.3, 0.4) is 0 Å². The van der Waals surface area contributed by atoms with Crippen LogP contribution in [-0.4, -0.2) is 27.2 Å². The summed E-state index contributed by atoms with van der Waals surface area (Å²) >= 11 is 4.20. The van der Waals surface area contributed by atoms with Crippen molar-refractivity contribution in [3.8, 4) is 11.3 Å². The van der Waals surface area contributed by atoms with Gasteiger partial charge in [0.2, 0.25) is 0 Å². The van der Waals surface area contributed by atoms with Crippen LogP contribution < -0.4 is 4.90 Å². The summed E-state index contributed by atoms with van der Waals surface area (Å²) in [6, 6.07) is 12.7. The van der Waals surface area contributed by atoms with Crippen molar-refractivity contribution in [2.75, 3.05) is 22.8 Å². The zero-order valence-electron chi connectivity index (χ0n) is 12.0. The summed E-state index contributed by atoms with van der Waals surface area (Å²) in [5, 5.41) is 0. The van der Waals surface area contributed by atoms with E-state index in [-0.39, 0.29) is 0 Å². The molecule has 5 heteroatoms. The first-order valence-corrected chi connectivity index (χ1v) is 9.14. The van der Waals surface area contributed by atoms with Crippen LogP contribution in [0.25, 0.3) is 16.9 Å². The number of nitrogens with zero attached hydrogens (tertiary/aromatic N) is 3. The van der Waals surface area contributed by atoms with Crippen LogP contribution in [0.4, 0.5) is 5.69 Å². The number of anilines is 1. The van der Waals surface area contributed by atoms with Crippen LogP contribution in [0.1, 0.15) is 0 Å². The topological polar surface area (TPSA) is 20.5 Å². The van der Waals surface area contributed by atoms with Crippen LogP contribution in [-0.2, 0) is 0 Å². The van der Waals surface area contributed by atoms with Gasteiger partial charge in [-0.2, -0.15) is 0 Å². The molecular weight excluding hydrogens is 393 g/mol. The first kappa shape index (κ1) is 14.7. The monoisotopic (exact) mass is 409 g/mol. The fourth-order valence-corrected chi connectivity index (χ4v) is 3.75. The average Bonchev–Trinajstić information content (AvgIpc) is 2.91. The van der Waals surface area contributed by atoms with E-state index in [0.717, 1.165) is 20.7 Å². The van der Waals surface area contributed by atoms with E-state index in [0.29, 0.717) is 0 Å². The maximum Gasteiger partial charge on any atom is 0.137 e. The quantitative estimate of drug-likeness (QED) is 0.358. The number of imidazole rings is 1. The van der Waals surface area contributed by atoms with Gasteiger partial charge in [0.15, 0.2) is 0 Å². The predicted molar refractivity (Wildman–Crippen MR) is 99.7 cm³/mol. The highest BCUT2D eigenvalue weighted by Crippen LogP contribution is 2.25. The minimum Gasteiger partial charge on any atom is -0.378 e. The summed E-state index contributed by atoms with van der Waals surface area (Å²) in [5.74, 6) is 0. The molecule has 0 aliphatic rings. The number of pyridine rings is 1. The Morgan fingerprint density at radius 1 is 1.10 bits per heavy atom. The number of halogens is 1. The maximum atomic E-state index is 4.70. The largest absolute Gasteiger partial charge is 0.378 e. The van der Waals surface area contributed by atoms with E-state index in [9.17, 15) is 0 Å². The van der Waals surface area contributed by atoms with E-state index in [1.165, 1.54) is 10.6 Å². The van der Waals surface area contributed by atoms with Gasteiger partial charge in [0.25, 0.3) is 0 Å². The lowest BCUT2D eigenvalue weighted by atomic mass is 10.1. The summed E-state index contributed by atoms with van der Waals surface area (Å²) in [6.45, 7) is 0. The van der Waals surface area contributed by atoms with Crippen molar-refractivity contribution in [3.63, 3.8) is 0 Å². The molecular formula is C16H16IN3S. The molecule has 1 aromatic carbocycles. The number of aromatic nitrogens is 2. The molecule has 108 valence electrons. The van der Waals surface area contributed by atoms with Gasteiger partial charge in [0.05, 0.1) is 9.45 Å². The van der Waals surface area contributed by atoms with E-state index in [1.54, 1.807) is 0 Å². The number of benzene rings is 1. The van der Waals surface area contributed by atoms with Crippen molar-refractivity contribution in [1.29, 1.82) is 0 Å². The molecule has 0 bridgehead atoms. The fraction of sp³-hybridized carbons (Fsp3) is 0.188. The second-order valence-electron chi connectivity index (χ2n) is 4.95. The van der Waals surface area contributed by atoms with E-state index < -0.39 is 0 Å². The third kappa shape index (κ3) is 3.18. The van der Waals surface area contributed by atoms with E-state index in [4.69, 9.17) is 4.98 Å². The van der Waals surface area contributed by atoms with Crippen molar-refractivity contribution in [2.24, 2.45) is 0 Å². The Hall–Kier alpha value is -1.21. The van der Waals surface area contributed by atoms with Gasteiger partial charge in [-0.25, -0.2) is 4.98 Å². The van der Waals surface area contributed by atoms with E-state index >= 15 is 0 Å². The minimum absolute atomic E-state index is 0.986. The normalized spacial score (nSPS) is 11.0. The van der Waals surface area contributed by atoms with Crippen LogP contribution in [0.2, 0.25) is 0 Å². The zero-order chi connectivity index (χ0) is 14.8. The van der Waals surface area contributed by atoms with Gasteiger partial charge < -0.3 is 9.30 Å².